The summed E-state index contributed by atoms with van der Waals surface area (Å²) in [5.74, 6) is 1.20. The first-order valence-corrected chi connectivity index (χ1v) is 6.09. The summed E-state index contributed by atoms with van der Waals surface area (Å²) < 4.78 is 6.45. The minimum atomic E-state index is 0.520. The number of rotatable bonds is 4. The van der Waals surface area contributed by atoms with Crippen LogP contribution in [0.3, 0.4) is 0 Å². The number of anilines is 1. The molecule has 4 heteroatoms. The van der Waals surface area contributed by atoms with Gasteiger partial charge in [-0.15, -0.1) is 0 Å². The van der Waals surface area contributed by atoms with E-state index in [1.807, 2.05) is 0 Å². The van der Waals surface area contributed by atoms with Crippen LogP contribution in [0.4, 0.5) is 5.69 Å². The highest BCUT2D eigenvalue weighted by atomic mass is 79.9. The number of hydrogen-bond donors (Lipinski definition) is 1. The van der Waals surface area contributed by atoms with Crippen molar-refractivity contribution < 1.29 is 4.74 Å². The fraction of sp³-hybridized carbons (Fsp3) is 0.455. The minimum absolute atomic E-state index is 0.520. The summed E-state index contributed by atoms with van der Waals surface area (Å²) in [4.78, 5) is 0. The van der Waals surface area contributed by atoms with Gasteiger partial charge < -0.3 is 10.5 Å². The van der Waals surface area contributed by atoms with Gasteiger partial charge in [-0.1, -0.05) is 31.9 Å². The topological polar surface area (TPSA) is 35.2 Å². The average molecular weight is 293 g/mol. The van der Waals surface area contributed by atoms with Crippen LogP contribution >= 0.6 is 27.5 Å². The summed E-state index contributed by atoms with van der Waals surface area (Å²) in [7, 11) is 0. The molecule has 84 valence electrons. The lowest BCUT2D eigenvalue weighted by molar-refractivity contribution is 0.256. The summed E-state index contributed by atoms with van der Waals surface area (Å²) in [5.41, 5.74) is 6.38. The van der Waals surface area contributed by atoms with Crippen molar-refractivity contribution in [3.05, 3.63) is 21.6 Å². The van der Waals surface area contributed by atoms with E-state index in [9.17, 15) is 0 Å². The molecule has 1 unspecified atom stereocenters. The zero-order chi connectivity index (χ0) is 11.4. The Hall–Kier alpha value is -0.410. The Morgan fingerprint density at radius 2 is 2.20 bits per heavy atom. The maximum Gasteiger partial charge on any atom is 0.156 e. The molecular formula is C11H15BrClNO. The van der Waals surface area contributed by atoms with Gasteiger partial charge in [-0.3, -0.25) is 0 Å². The monoisotopic (exact) mass is 291 g/mol. The van der Waals surface area contributed by atoms with E-state index < -0.39 is 0 Å². The van der Waals surface area contributed by atoms with Crippen LogP contribution in [0.15, 0.2) is 16.6 Å². The third-order valence-electron chi connectivity index (χ3n) is 2.25. The summed E-state index contributed by atoms with van der Waals surface area (Å²) in [5, 5.41) is 0.607. The highest BCUT2D eigenvalue weighted by Gasteiger charge is 2.09. The van der Waals surface area contributed by atoms with E-state index >= 15 is 0 Å². The number of nitrogen functional groups attached to an aromatic ring is 1. The third kappa shape index (κ3) is 3.58. The van der Waals surface area contributed by atoms with E-state index in [4.69, 9.17) is 22.1 Å². The standard InChI is InChI=1S/C11H15BrClNO/c1-3-7(2)6-15-11-9(12)4-8(13)5-10(11)14/h4-5,7H,3,6,14H2,1-2H3. The molecular weight excluding hydrogens is 277 g/mol. The van der Waals surface area contributed by atoms with Gasteiger partial charge >= 0.3 is 0 Å². The van der Waals surface area contributed by atoms with Gasteiger partial charge in [0.25, 0.3) is 0 Å². The van der Waals surface area contributed by atoms with E-state index in [0.29, 0.717) is 29.0 Å². The maximum absolute atomic E-state index is 5.85. The highest BCUT2D eigenvalue weighted by molar-refractivity contribution is 9.10. The largest absolute Gasteiger partial charge is 0.490 e. The molecule has 0 fully saturated rings. The van der Waals surface area contributed by atoms with Crippen LogP contribution in [0.5, 0.6) is 5.75 Å². The predicted molar refractivity (Wildman–Crippen MR) is 68.5 cm³/mol. The SMILES string of the molecule is CCC(C)COc1c(N)cc(Cl)cc1Br. The molecule has 1 rings (SSSR count). The van der Waals surface area contributed by atoms with E-state index in [-0.39, 0.29) is 0 Å². The fourth-order valence-corrected chi connectivity index (χ4v) is 2.02. The third-order valence-corrected chi connectivity index (χ3v) is 3.05. The van der Waals surface area contributed by atoms with Crippen LogP contribution in [0.1, 0.15) is 20.3 Å². The highest BCUT2D eigenvalue weighted by Crippen LogP contribution is 2.34. The van der Waals surface area contributed by atoms with Gasteiger partial charge in [0.05, 0.1) is 16.8 Å². The van der Waals surface area contributed by atoms with Crippen molar-refractivity contribution in [2.24, 2.45) is 5.92 Å². The van der Waals surface area contributed by atoms with Gasteiger partial charge in [-0.2, -0.15) is 0 Å². The Labute approximate surface area is 104 Å². The fourth-order valence-electron chi connectivity index (χ4n) is 1.08. The lowest BCUT2D eigenvalue weighted by atomic mass is 10.1. The van der Waals surface area contributed by atoms with Crippen molar-refractivity contribution in [3.8, 4) is 5.75 Å². The van der Waals surface area contributed by atoms with Crippen LogP contribution in [0.2, 0.25) is 5.02 Å². The van der Waals surface area contributed by atoms with Crippen molar-refractivity contribution >= 4 is 33.2 Å². The van der Waals surface area contributed by atoms with Gasteiger partial charge in [0, 0.05) is 5.02 Å². The van der Waals surface area contributed by atoms with E-state index in [1.165, 1.54) is 0 Å². The van der Waals surface area contributed by atoms with Crippen molar-refractivity contribution in [3.63, 3.8) is 0 Å². The Morgan fingerprint density at radius 1 is 1.53 bits per heavy atom. The number of benzene rings is 1. The van der Waals surface area contributed by atoms with Crippen LogP contribution < -0.4 is 10.5 Å². The first-order valence-electron chi connectivity index (χ1n) is 4.92. The molecule has 15 heavy (non-hydrogen) atoms. The van der Waals surface area contributed by atoms with E-state index in [0.717, 1.165) is 10.9 Å². The summed E-state index contributed by atoms with van der Waals surface area (Å²) in [6.07, 6.45) is 1.09. The molecule has 2 N–H and O–H groups in total. The summed E-state index contributed by atoms with van der Waals surface area (Å²) in [6, 6.07) is 3.47. The summed E-state index contributed by atoms with van der Waals surface area (Å²) >= 11 is 9.23. The average Bonchev–Trinajstić information content (AvgIpc) is 2.15. The molecule has 0 bridgehead atoms. The van der Waals surface area contributed by atoms with Gasteiger partial charge in [0.2, 0.25) is 0 Å². The molecule has 0 amide bonds. The second-order valence-corrected chi connectivity index (χ2v) is 4.92. The first-order chi connectivity index (χ1) is 7.04. The zero-order valence-electron chi connectivity index (χ0n) is 8.89. The molecule has 0 aliphatic rings. The molecule has 0 saturated carbocycles. The number of nitrogens with two attached hydrogens (primary N) is 1. The smallest absolute Gasteiger partial charge is 0.156 e. The molecule has 1 aromatic rings. The Balaban J connectivity index is 2.77. The van der Waals surface area contributed by atoms with Gasteiger partial charge in [-0.05, 0) is 34.0 Å². The Bertz CT molecular complexity index is 320. The summed E-state index contributed by atoms with van der Waals surface area (Å²) in [6.45, 7) is 4.94. The molecule has 0 spiro atoms. The van der Waals surface area contributed by atoms with Crippen LogP contribution in [-0.4, -0.2) is 6.61 Å². The number of ether oxygens (including phenoxy) is 1. The molecule has 0 aliphatic heterocycles. The lowest BCUT2D eigenvalue weighted by Crippen LogP contribution is -2.08. The zero-order valence-corrected chi connectivity index (χ0v) is 11.2. The van der Waals surface area contributed by atoms with E-state index in [1.54, 1.807) is 12.1 Å². The van der Waals surface area contributed by atoms with Crippen molar-refractivity contribution in [2.45, 2.75) is 20.3 Å². The molecule has 1 aromatic carbocycles. The van der Waals surface area contributed by atoms with Gasteiger partial charge in [0.1, 0.15) is 0 Å². The molecule has 0 heterocycles. The van der Waals surface area contributed by atoms with E-state index in [2.05, 4.69) is 29.8 Å². The molecule has 0 saturated heterocycles. The molecule has 1 atom stereocenters. The molecule has 2 nitrogen and oxygen atoms in total. The van der Waals surface area contributed by atoms with Gasteiger partial charge in [-0.25, -0.2) is 0 Å². The van der Waals surface area contributed by atoms with Crippen LogP contribution in [0, 0.1) is 5.92 Å². The molecule has 0 aromatic heterocycles. The quantitative estimate of drug-likeness (QED) is 0.848. The van der Waals surface area contributed by atoms with Crippen LogP contribution in [0.25, 0.3) is 0 Å². The van der Waals surface area contributed by atoms with Crippen molar-refractivity contribution in [1.29, 1.82) is 0 Å². The van der Waals surface area contributed by atoms with Gasteiger partial charge in [0.15, 0.2) is 5.75 Å². The molecule has 0 aliphatic carbocycles. The van der Waals surface area contributed by atoms with Crippen molar-refractivity contribution in [1.82, 2.24) is 0 Å². The van der Waals surface area contributed by atoms with Crippen molar-refractivity contribution in [2.75, 3.05) is 12.3 Å². The Morgan fingerprint density at radius 3 is 2.73 bits per heavy atom. The Kier molecular flexibility index (Phi) is 4.74. The van der Waals surface area contributed by atoms with Crippen LogP contribution in [-0.2, 0) is 0 Å². The lowest BCUT2D eigenvalue weighted by Gasteiger charge is -2.14. The first kappa shape index (κ1) is 12.7. The predicted octanol–water partition coefficient (Wildman–Crippen LogP) is 4.11. The normalized spacial score (nSPS) is 12.5. The number of hydrogen-bond acceptors (Lipinski definition) is 2. The second-order valence-electron chi connectivity index (χ2n) is 3.63. The number of halogens is 2. The second kappa shape index (κ2) is 5.61. The minimum Gasteiger partial charge on any atom is -0.490 e. The molecule has 0 radical (unpaired) electrons. The maximum atomic E-state index is 5.85.